The summed E-state index contributed by atoms with van der Waals surface area (Å²) in [7, 11) is 0. The summed E-state index contributed by atoms with van der Waals surface area (Å²) in [6.07, 6.45) is -3.02. The molecule has 22 heavy (non-hydrogen) atoms. The van der Waals surface area contributed by atoms with Gasteiger partial charge in [-0.3, -0.25) is 9.59 Å². The van der Waals surface area contributed by atoms with Gasteiger partial charge in [-0.2, -0.15) is 13.2 Å². The Morgan fingerprint density at radius 2 is 2.00 bits per heavy atom. The van der Waals surface area contributed by atoms with Gasteiger partial charge >= 0.3 is 6.18 Å². The van der Waals surface area contributed by atoms with Crippen molar-refractivity contribution in [1.29, 1.82) is 0 Å². The topological polar surface area (TPSA) is 49.4 Å². The van der Waals surface area contributed by atoms with Gasteiger partial charge < -0.3 is 10.2 Å². The van der Waals surface area contributed by atoms with Crippen LogP contribution in [0.3, 0.4) is 0 Å². The molecule has 1 fully saturated rings. The van der Waals surface area contributed by atoms with Gasteiger partial charge in [-0.1, -0.05) is 11.6 Å². The second-order valence-corrected chi connectivity index (χ2v) is 5.55. The molecule has 8 heteroatoms. The van der Waals surface area contributed by atoms with Crippen LogP contribution in [0.2, 0.25) is 5.02 Å². The van der Waals surface area contributed by atoms with Crippen LogP contribution in [0, 0.1) is 0 Å². The Bertz CT molecular complexity index is 600. The molecule has 1 N–H and O–H groups in total. The van der Waals surface area contributed by atoms with Crippen LogP contribution < -0.4 is 5.32 Å². The third-order valence-electron chi connectivity index (χ3n) is 3.27. The zero-order chi connectivity index (χ0) is 16.5. The molecular weight excluding hydrogens is 321 g/mol. The minimum Gasteiger partial charge on any atom is -0.331 e. The fourth-order valence-corrected chi connectivity index (χ4v) is 2.26. The SMILES string of the molecule is CC(=O)N(CC(=O)Nc1ccc(Cl)cc1C(F)(F)F)C1CC1. The van der Waals surface area contributed by atoms with Crippen LogP contribution in [0.1, 0.15) is 25.3 Å². The summed E-state index contributed by atoms with van der Waals surface area (Å²) >= 11 is 5.57. The molecule has 0 saturated heterocycles. The molecule has 4 nitrogen and oxygen atoms in total. The zero-order valence-corrected chi connectivity index (χ0v) is 12.5. The second kappa shape index (κ2) is 6.16. The molecular formula is C14H14ClF3N2O2. The van der Waals surface area contributed by atoms with Crippen LogP contribution in [0.15, 0.2) is 18.2 Å². The lowest BCUT2D eigenvalue weighted by atomic mass is 10.1. The van der Waals surface area contributed by atoms with Crippen LogP contribution in [0.25, 0.3) is 0 Å². The Kier molecular flexibility index (Phi) is 4.65. The number of carbonyl (C=O) groups is 2. The average molecular weight is 335 g/mol. The van der Waals surface area contributed by atoms with Gasteiger partial charge in [-0.05, 0) is 31.0 Å². The van der Waals surface area contributed by atoms with Gasteiger partial charge in [0.15, 0.2) is 0 Å². The molecule has 0 atom stereocenters. The van der Waals surface area contributed by atoms with E-state index in [1.807, 2.05) is 0 Å². The van der Waals surface area contributed by atoms with Crippen molar-refractivity contribution in [2.45, 2.75) is 32.0 Å². The number of rotatable bonds is 4. The van der Waals surface area contributed by atoms with Crippen molar-refractivity contribution in [2.75, 3.05) is 11.9 Å². The Balaban J connectivity index is 2.13. The zero-order valence-electron chi connectivity index (χ0n) is 11.7. The molecule has 0 unspecified atom stereocenters. The highest BCUT2D eigenvalue weighted by atomic mass is 35.5. The number of hydrogen-bond acceptors (Lipinski definition) is 2. The summed E-state index contributed by atoms with van der Waals surface area (Å²) in [6, 6.07) is 3.12. The van der Waals surface area contributed by atoms with E-state index in [0.717, 1.165) is 25.0 Å². The largest absolute Gasteiger partial charge is 0.418 e. The average Bonchev–Trinajstić information content (AvgIpc) is 3.21. The van der Waals surface area contributed by atoms with Crippen molar-refractivity contribution >= 4 is 29.1 Å². The molecule has 0 aliphatic heterocycles. The molecule has 0 heterocycles. The maximum Gasteiger partial charge on any atom is 0.418 e. The van der Waals surface area contributed by atoms with Crippen LogP contribution in [0.5, 0.6) is 0 Å². The minimum atomic E-state index is -4.63. The molecule has 1 aromatic carbocycles. The Labute approximate surface area is 130 Å². The molecule has 0 bridgehead atoms. The molecule has 0 spiro atoms. The summed E-state index contributed by atoms with van der Waals surface area (Å²) in [6.45, 7) is 1.06. The van der Waals surface area contributed by atoms with Crippen molar-refractivity contribution < 1.29 is 22.8 Å². The first-order valence-electron chi connectivity index (χ1n) is 6.62. The molecule has 1 aliphatic rings. The monoisotopic (exact) mass is 334 g/mol. The van der Waals surface area contributed by atoms with E-state index in [0.29, 0.717) is 0 Å². The van der Waals surface area contributed by atoms with E-state index < -0.39 is 17.6 Å². The highest BCUT2D eigenvalue weighted by Gasteiger charge is 2.35. The van der Waals surface area contributed by atoms with E-state index in [4.69, 9.17) is 11.6 Å². The maximum absolute atomic E-state index is 12.9. The predicted molar refractivity (Wildman–Crippen MR) is 75.5 cm³/mol. The number of benzene rings is 1. The number of alkyl halides is 3. The summed E-state index contributed by atoms with van der Waals surface area (Å²) < 4.78 is 38.8. The molecule has 2 rings (SSSR count). The van der Waals surface area contributed by atoms with E-state index in [1.54, 1.807) is 0 Å². The fourth-order valence-electron chi connectivity index (χ4n) is 2.09. The van der Waals surface area contributed by atoms with E-state index >= 15 is 0 Å². The van der Waals surface area contributed by atoms with Crippen molar-refractivity contribution in [3.8, 4) is 0 Å². The minimum absolute atomic E-state index is 0.00977. The van der Waals surface area contributed by atoms with Gasteiger partial charge in [-0.15, -0.1) is 0 Å². The van der Waals surface area contributed by atoms with E-state index in [1.165, 1.54) is 17.9 Å². The van der Waals surface area contributed by atoms with Gasteiger partial charge in [-0.25, -0.2) is 0 Å². The lowest BCUT2D eigenvalue weighted by Gasteiger charge is -2.21. The third-order valence-corrected chi connectivity index (χ3v) is 3.50. The third kappa shape index (κ3) is 4.13. The molecule has 0 aromatic heterocycles. The summed E-state index contributed by atoms with van der Waals surface area (Å²) in [5.41, 5.74) is -1.39. The van der Waals surface area contributed by atoms with Crippen LogP contribution >= 0.6 is 11.6 Å². The summed E-state index contributed by atoms with van der Waals surface area (Å²) in [4.78, 5) is 24.7. The number of hydrogen-bond donors (Lipinski definition) is 1. The van der Waals surface area contributed by atoms with Gasteiger partial charge in [0.05, 0.1) is 11.3 Å². The first kappa shape index (κ1) is 16.6. The van der Waals surface area contributed by atoms with Crippen LogP contribution in [0.4, 0.5) is 18.9 Å². The molecule has 120 valence electrons. The van der Waals surface area contributed by atoms with Crippen molar-refractivity contribution in [3.63, 3.8) is 0 Å². The predicted octanol–water partition coefficient (Wildman–Crippen LogP) is 3.31. The van der Waals surface area contributed by atoms with Crippen molar-refractivity contribution in [3.05, 3.63) is 28.8 Å². The lowest BCUT2D eigenvalue weighted by molar-refractivity contribution is -0.137. The number of nitrogens with one attached hydrogen (secondary N) is 1. The number of halogens is 4. The Hall–Kier alpha value is -1.76. The smallest absolute Gasteiger partial charge is 0.331 e. The highest BCUT2D eigenvalue weighted by Crippen LogP contribution is 2.36. The van der Waals surface area contributed by atoms with Crippen molar-refractivity contribution in [2.24, 2.45) is 0 Å². The second-order valence-electron chi connectivity index (χ2n) is 5.11. The fraction of sp³-hybridized carbons (Fsp3) is 0.429. The molecule has 2 amide bonds. The lowest BCUT2D eigenvalue weighted by Crippen LogP contribution is -2.38. The number of amides is 2. The highest BCUT2D eigenvalue weighted by molar-refractivity contribution is 6.30. The number of nitrogens with zero attached hydrogens (tertiary/aromatic N) is 1. The summed E-state index contributed by atoms with van der Waals surface area (Å²) in [5.74, 6) is -0.945. The molecule has 0 radical (unpaired) electrons. The van der Waals surface area contributed by atoms with Gasteiger partial charge in [0.1, 0.15) is 6.54 Å². The quantitative estimate of drug-likeness (QED) is 0.918. The van der Waals surface area contributed by atoms with Gasteiger partial charge in [0, 0.05) is 18.0 Å². The molecule has 1 saturated carbocycles. The van der Waals surface area contributed by atoms with Crippen LogP contribution in [-0.4, -0.2) is 29.3 Å². The van der Waals surface area contributed by atoms with Crippen LogP contribution in [-0.2, 0) is 15.8 Å². The normalized spacial score (nSPS) is 14.6. The first-order chi connectivity index (χ1) is 10.2. The summed E-state index contributed by atoms with van der Waals surface area (Å²) in [5, 5.41) is 2.13. The van der Waals surface area contributed by atoms with E-state index in [-0.39, 0.29) is 29.2 Å². The van der Waals surface area contributed by atoms with E-state index in [2.05, 4.69) is 5.32 Å². The maximum atomic E-state index is 12.9. The number of anilines is 1. The standard InChI is InChI=1S/C14H14ClF3N2O2/c1-8(21)20(10-3-4-10)7-13(22)19-12-5-2-9(15)6-11(12)14(16,17)18/h2,5-6,10H,3-4,7H2,1H3,(H,19,22). The van der Waals surface area contributed by atoms with Crippen molar-refractivity contribution in [1.82, 2.24) is 4.90 Å². The number of carbonyl (C=O) groups excluding carboxylic acids is 2. The first-order valence-corrected chi connectivity index (χ1v) is 7.00. The van der Waals surface area contributed by atoms with Gasteiger partial charge in [0.2, 0.25) is 11.8 Å². The molecule has 1 aliphatic carbocycles. The van der Waals surface area contributed by atoms with E-state index in [9.17, 15) is 22.8 Å². The Morgan fingerprint density at radius 1 is 1.36 bits per heavy atom. The molecule has 1 aromatic rings. The van der Waals surface area contributed by atoms with Gasteiger partial charge in [0.25, 0.3) is 0 Å². The Morgan fingerprint density at radius 3 is 2.50 bits per heavy atom.